The molecule has 0 saturated carbocycles. The van der Waals surface area contributed by atoms with Crippen LogP contribution in [0.4, 0.5) is 26.3 Å². The quantitative estimate of drug-likeness (QED) is 0.340. The van der Waals surface area contributed by atoms with E-state index in [2.05, 4.69) is 0 Å². The number of alkyl halides is 6. The Bertz CT molecular complexity index is 828. The lowest BCUT2D eigenvalue weighted by atomic mass is 9.72. The summed E-state index contributed by atoms with van der Waals surface area (Å²) in [5.41, 5.74) is -10.2. The van der Waals surface area contributed by atoms with Gasteiger partial charge in [0, 0.05) is 0 Å². The van der Waals surface area contributed by atoms with Gasteiger partial charge in [-0.05, 0) is 29.3 Å². The second-order valence-electron chi connectivity index (χ2n) is 7.46. The highest BCUT2D eigenvalue weighted by Crippen LogP contribution is 2.61. The van der Waals surface area contributed by atoms with Crippen LogP contribution >= 0.6 is 0 Å². The standard InChI is InChI=1S/C22H26F6O2Si/c1-4-31(5-2,6-3)30-20(22(26,27)28,18-15-11-8-12-16-18)19(29,21(23,24)25)17-13-9-7-10-14-17/h7-16,29H,4-6H2,1-3H3. The molecule has 0 amide bonds. The van der Waals surface area contributed by atoms with Crippen LogP contribution in [0.1, 0.15) is 31.9 Å². The maximum Gasteiger partial charge on any atom is 0.425 e. The smallest absolute Gasteiger partial charge is 0.397 e. The summed E-state index contributed by atoms with van der Waals surface area (Å²) >= 11 is 0. The predicted molar refractivity (Wildman–Crippen MR) is 109 cm³/mol. The molecule has 9 heteroatoms. The molecule has 1 N–H and O–H groups in total. The van der Waals surface area contributed by atoms with Crippen molar-refractivity contribution in [3.63, 3.8) is 0 Å². The molecule has 0 heterocycles. The number of halogens is 6. The molecule has 0 saturated heterocycles. The molecule has 0 spiro atoms. The Kier molecular flexibility index (Phi) is 7.34. The summed E-state index contributed by atoms with van der Waals surface area (Å²) in [5, 5.41) is 11.2. The van der Waals surface area contributed by atoms with E-state index in [0.717, 1.165) is 36.4 Å². The van der Waals surface area contributed by atoms with Gasteiger partial charge in [-0.2, -0.15) is 26.3 Å². The molecular weight excluding hydrogens is 438 g/mol. The van der Waals surface area contributed by atoms with Crippen LogP contribution in [0, 0.1) is 0 Å². The molecular formula is C22H26F6O2Si. The Morgan fingerprint density at radius 1 is 0.677 bits per heavy atom. The summed E-state index contributed by atoms with van der Waals surface area (Å²) in [6, 6.07) is 11.5. The van der Waals surface area contributed by atoms with Crippen LogP contribution in [0.15, 0.2) is 60.7 Å². The predicted octanol–water partition coefficient (Wildman–Crippen LogP) is 6.92. The van der Waals surface area contributed by atoms with Crippen molar-refractivity contribution in [1.82, 2.24) is 0 Å². The van der Waals surface area contributed by atoms with E-state index in [0.29, 0.717) is 0 Å². The molecule has 2 rings (SSSR count). The lowest BCUT2D eigenvalue weighted by molar-refractivity contribution is -0.393. The molecule has 0 fully saturated rings. The third-order valence-corrected chi connectivity index (χ3v) is 10.6. The zero-order valence-corrected chi connectivity index (χ0v) is 18.5. The van der Waals surface area contributed by atoms with E-state index in [9.17, 15) is 31.4 Å². The van der Waals surface area contributed by atoms with Gasteiger partial charge >= 0.3 is 12.4 Å². The van der Waals surface area contributed by atoms with Crippen LogP contribution in [0.2, 0.25) is 18.1 Å². The number of benzene rings is 2. The van der Waals surface area contributed by atoms with Gasteiger partial charge in [0.2, 0.25) is 11.2 Å². The van der Waals surface area contributed by atoms with Crippen molar-refractivity contribution in [2.75, 3.05) is 0 Å². The van der Waals surface area contributed by atoms with Crippen molar-refractivity contribution in [2.45, 2.75) is 62.5 Å². The maximum atomic E-state index is 14.9. The minimum Gasteiger partial charge on any atom is -0.397 e. The molecule has 0 aliphatic carbocycles. The van der Waals surface area contributed by atoms with Gasteiger partial charge in [-0.1, -0.05) is 81.4 Å². The van der Waals surface area contributed by atoms with Gasteiger partial charge in [-0.15, -0.1) is 0 Å². The summed E-state index contributed by atoms with van der Waals surface area (Å²) in [6.45, 7) is 4.83. The highest BCUT2D eigenvalue weighted by molar-refractivity contribution is 6.73. The molecule has 172 valence electrons. The van der Waals surface area contributed by atoms with Crippen molar-refractivity contribution in [3.05, 3.63) is 71.8 Å². The average molecular weight is 465 g/mol. The van der Waals surface area contributed by atoms with E-state index in [1.165, 1.54) is 24.3 Å². The molecule has 0 aliphatic rings. The first kappa shape index (κ1) is 25.4. The summed E-state index contributed by atoms with van der Waals surface area (Å²) in [7, 11) is -3.35. The Balaban J connectivity index is 3.07. The zero-order valence-electron chi connectivity index (χ0n) is 17.5. The highest BCUT2D eigenvalue weighted by Gasteiger charge is 2.79. The highest BCUT2D eigenvalue weighted by atomic mass is 28.4. The first-order chi connectivity index (χ1) is 14.3. The summed E-state index contributed by atoms with van der Waals surface area (Å²) in [4.78, 5) is 0. The van der Waals surface area contributed by atoms with Crippen LogP contribution < -0.4 is 0 Å². The zero-order chi connectivity index (χ0) is 23.6. The first-order valence-electron chi connectivity index (χ1n) is 10.0. The van der Waals surface area contributed by atoms with E-state index < -0.39 is 43.0 Å². The molecule has 31 heavy (non-hydrogen) atoms. The molecule has 0 aliphatic heterocycles. The molecule has 0 radical (unpaired) electrons. The molecule has 2 nitrogen and oxygen atoms in total. The van der Waals surface area contributed by atoms with Gasteiger partial charge in [0.05, 0.1) is 0 Å². The summed E-state index contributed by atoms with van der Waals surface area (Å²) in [6.07, 6.45) is -11.3. The fraction of sp³-hybridized carbons (Fsp3) is 0.455. The van der Waals surface area contributed by atoms with Gasteiger partial charge in [-0.25, -0.2) is 0 Å². The van der Waals surface area contributed by atoms with Gasteiger partial charge in [0.25, 0.3) is 0 Å². The number of aliphatic hydroxyl groups is 1. The van der Waals surface area contributed by atoms with Crippen LogP contribution in [-0.4, -0.2) is 25.8 Å². The third-order valence-electron chi connectivity index (χ3n) is 5.99. The Hall–Kier alpha value is -1.84. The monoisotopic (exact) mass is 464 g/mol. The number of hydrogen-bond acceptors (Lipinski definition) is 2. The van der Waals surface area contributed by atoms with Crippen molar-refractivity contribution >= 4 is 8.32 Å². The molecule has 2 aromatic carbocycles. The Morgan fingerprint density at radius 2 is 1.06 bits per heavy atom. The molecule has 2 aromatic rings. The molecule has 2 unspecified atom stereocenters. The fourth-order valence-electron chi connectivity index (χ4n) is 3.98. The lowest BCUT2D eigenvalue weighted by Gasteiger charge is -2.52. The topological polar surface area (TPSA) is 29.5 Å². The van der Waals surface area contributed by atoms with Gasteiger partial charge in [-0.3, -0.25) is 0 Å². The van der Waals surface area contributed by atoms with E-state index in [1.54, 1.807) is 20.8 Å². The van der Waals surface area contributed by atoms with Crippen LogP contribution in [0.25, 0.3) is 0 Å². The van der Waals surface area contributed by atoms with Gasteiger partial charge < -0.3 is 9.53 Å². The molecule has 2 atom stereocenters. The Morgan fingerprint density at radius 3 is 1.39 bits per heavy atom. The number of hydrogen-bond donors (Lipinski definition) is 1. The van der Waals surface area contributed by atoms with E-state index >= 15 is 0 Å². The van der Waals surface area contributed by atoms with Crippen molar-refractivity contribution in [1.29, 1.82) is 0 Å². The maximum absolute atomic E-state index is 14.9. The second-order valence-corrected chi connectivity index (χ2v) is 12.2. The Labute approximate surface area is 179 Å². The van der Waals surface area contributed by atoms with Crippen LogP contribution in [0.5, 0.6) is 0 Å². The lowest BCUT2D eigenvalue weighted by Crippen LogP contribution is -2.69. The second kappa shape index (κ2) is 8.95. The van der Waals surface area contributed by atoms with Gasteiger partial charge in [0.15, 0.2) is 8.32 Å². The third kappa shape index (κ3) is 4.15. The van der Waals surface area contributed by atoms with E-state index in [1.807, 2.05) is 0 Å². The van der Waals surface area contributed by atoms with Gasteiger partial charge in [0.1, 0.15) is 0 Å². The van der Waals surface area contributed by atoms with Crippen LogP contribution in [0.3, 0.4) is 0 Å². The molecule has 0 aromatic heterocycles. The minimum atomic E-state index is -5.70. The molecule has 0 bridgehead atoms. The largest absolute Gasteiger partial charge is 0.425 e. The fourth-order valence-corrected chi connectivity index (χ4v) is 6.94. The van der Waals surface area contributed by atoms with Crippen molar-refractivity contribution in [3.8, 4) is 0 Å². The van der Waals surface area contributed by atoms with Crippen molar-refractivity contribution in [2.24, 2.45) is 0 Å². The number of rotatable bonds is 8. The minimum absolute atomic E-state index is 0.160. The first-order valence-corrected chi connectivity index (χ1v) is 12.5. The average Bonchev–Trinajstić information content (AvgIpc) is 2.74. The summed E-state index contributed by atoms with van der Waals surface area (Å²) in [5.74, 6) is 0. The normalized spacial score (nSPS) is 17.1. The van der Waals surface area contributed by atoms with Crippen molar-refractivity contribution < 1.29 is 35.9 Å². The van der Waals surface area contributed by atoms with E-state index in [-0.39, 0.29) is 18.1 Å². The van der Waals surface area contributed by atoms with Crippen LogP contribution in [-0.2, 0) is 15.6 Å². The SMILES string of the molecule is CC[Si](CC)(CC)OC(c1ccccc1)(C(F)(F)F)C(O)(c1ccccc1)C(F)(F)F. The van der Waals surface area contributed by atoms with E-state index in [4.69, 9.17) is 4.43 Å². The summed E-state index contributed by atoms with van der Waals surface area (Å²) < 4.78 is 94.3.